The lowest BCUT2D eigenvalue weighted by Crippen LogP contribution is -2.20. The van der Waals surface area contributed by atoms with Crippen LogP contribution in [0.2, 0.25) is 0 Å². The summed E-state index contributed by atoms with van der Waals surface area (Å²) in [7, 11) is 0. The highest BCUT2D eigenvalue weighted by molar-refractivity contribution is 4.79. The maximum absolute atomic E-state index is 9.98. The molecule has 1 unspecified atom stereocenters. The zero-order chi connectivity index (χ0) is 9.68. The molecule has 1 aliphatic rings. The molecule has 1 nitrogen and oxygen atoms in total. The monoisotopic (exact) mass is 184 g/mol. The summed E-state index contributed by atoms with van der Waals surface area (Å²) < 4.78 is 0. The molecule has 0 saturated heterocycles. The smallest absolute Gasteiger partial charge is 0.0571 e. The van der Waals surface area contributed by atoms with E-state index in [0.29, 0.717) is 5.92 Å². The second-order valence-electron chi connectivity index (χ2n) is 4.58. The number of hydrogen-bond donors (Lipinski definition) is 1. The minimum absolute atomic E-state index is 0.00704. The lowest BCUT2D eigenvalue weighted by molar-refractivity contribution is 0.0827. The number of aliphatic hydroxyl groups is 1. The molecule has 1 rings (SSSR count). The summed E-state index contributed by atoms with van der Waals surface area (Å²) in [6, 6.07) is 0. The van der Waals surface area contributed by atoms with Gasteiger partial charge < -0.3 is 5.11 Å². The van der Waals surface area contributed by atoms with Crippen LogP contribution in [-0.2, 0) is 0 Å². The van der Waals surface area contributed by atoms with Crippen LogP contribution in [0.25, 0.3) is 0 Å². The molecule has 1 heteroatoms. The maximum atomic E-state index is 9.98. The second-order valence-corrected chi connectivity index (χ2v) is 4.58. The van der Waals surface area contributed by atoms with E-state index in [2.05, 4.69) is 13.8 Å². The Hall–Kier alpha value is -0.0400. The fraction of sp³-hybridized carbons (Fsp3) is 1.00. The highest BCUT2D eigenvalue weighted by Gasteiger charge is 2.27. The number of hydrogen-bond acceptors (Lipinski definition) is 1. The van der Waals surface area contributed by atoms with Gasteiger partial charge in [-0.15, -0.1) is 0 Å². The van der Waals surface area contributed by atoms with Crippen molar-refractivity contribution >= 4 is 0 Å². The standard InChI is InChI=1S/C12H24O/c1-3-5-11(6-4-2)12(13)9-10-7-8-10/h10-13H,3-9H2,1-2H3. The van der Waals surface area contributed by atoms with E-state index in [1.165, 1.54) is 38.5 Å². The molecule has 78 valence electrons. The van der Waals surface area contributed by atoms with Crippen molar-refractivity contribution in [3.8, 4) is 0 Å². The lowest BCUT2D eigenvalue weighted by atomic mass is 9.89. The molecule has 0 aromatic heterocycles. The Morgan fingerprint density at radius 2 is 1.69 bits per heavy atom. The number of aliphatic hydroxyl groups excluding tert-OH is 1. The summed E-state index contributed by atoms with van der Waals surface area (Å²) in [4.78, 5) is 0. The average molecular weight is 184 g/mol. The van der Waals surface area contributed by atoms with Gasteiger partial charge in [-0.05, 0) is 31.1 Å². The molecular weight excluding hydrogens is 160 g/mol. The van der Waals surface area contributed by atoms with Gasteiger partial charge in [0.2, 0.25) is 0 Å². The van der Waals surface area contributed by atoms with Crippen molar-refractivity contribution in [2.45, 2.75) is 64.9 Å². The van der Waals surface area contributed by atoms with E-state index in [1.807, 2.05) is 0 Å². The molecule has 0 spiro atoms. The third-order valence-electron chi connectivity index (χ3n) is 3.13. The highest BCUT2D eigenvalue weighted by atomic mass is 16.3. The van der Waals surface area contributed by atoms with Gasteiger partial charge in [-0.25, -0.2) is 0 Å². The summed E-state index contributed by atoms with van der Waals surface area (Å²) in [5, 5.41) is 9.98. The van der Waals surface area contributed by atoms with Crippen LogP contribution in [0.5, 0.6) is 0 Å². The largest absolute Gasteiger partial charge is 0.393 e. The van der Waals surface area contributed by atoms with Gasteiger partial charge in [0, 0.05) is 0 Å². The molecular formula is C12H24O. The summed E-state index contributed by atoms with van der Waals surface area (Å²) in [5.74, 6) is 1.45. The van der Waals surface area contributed by atoms with Crippen LogP contribution in [0.3, 0.4) is 0 Å². The Balaban J connectivity index is 2.22. The molecule has 1 atom stereocenters. The van der Waals surface area contributed by atoms with Gasteiger partial charge in [-0.3, -0.25) is 0 Å². The van der Waals surface area contributed by atoms with Crippen molar-refractivity contribution in [2.24, 2.45) is 11.8 Å². The summed E-state index contributed by atoms with van der Waals surface area (Å²) in [6.45, 7) is 4.43. The molecule has 1 saturated carbocycles. The van der Waals surface area contributed by atoms with E-state index in [0.717, 1.165) is 12.3 Å². The van der Waals surface area contributed by atoms with Gasteiger partial charge in [0.15, 0.2) is 0 Å². The zero-order valence-corrected chi connectivity index (χ0v) is 9.13. The van der Waals surface area contributed by atoms with E-state index < -0.39 is 0 Å². The molecule has 0 aromatic rings. The molecule has 0 amide bonds. The van der Waals surface area contributed by atoms with E-state index in [-0.39, 0.29) is 6.10 Å². The number of rotatable bonds is 7. The van der Waals surface area contributed by atoms with Crippen LogP contribution in [0, 0.1) is 11.8 Å². The maximum Gasteiger partial charge on any atom is 0.0571 e. The van der Waals surface area contributed by atoms with Gasteiger partial charge in [-0.1, -0.05) is 39.5 Å². The lowest BCUT2D eigenvalue weighted by Gasteiger charge is -2.21. The minimum atomic E-state index is -0.00704. The summed E-state index contributed by atoms with van der Waals surface area (Å²) in [5.41, 5.74) is 0. The fourth-order valence-electron chi connectivity index (χ4n) is 2.16. The molecule has 0 aliphatic heterocycles. The van der Waals surface area contributed by atoms with Gasteiger partial charge in [0.25, 0.3) is 0 Å². The molecule has 0 bridgehead atoms. The molecule has 0 heterocycles. The van der Waals surface area contributed by atoms with Crippen LogP contribution >= 0.6 is 0 Å². The first-order valence-corrected chi connectivity index (χ1v) is 5.96. The molecule has 1 aliphatic carbocycles. The van der Waals surface area contributed by atoms with Gasteiger partial charge >= 0.3 is 0 Å². The minimum Gasteiger partial charge on any atom is -0.393 e. The summed E-state index contributed by atoms with van der Waals surface area (Å²) in [6.07, 6.45) is 8.64. The zero-order valence-electron chi connectivity index (χ0n) is 9.13. The third-order valence-corrected chi connectivity index (χ3v) is 3.13. The average Bonchev–Trinajstić information content (AvgIpc) is 2.88. The predicted molar refractivity (Wildman–Crippen MR) is 56.7 cm³/mol. The fourth-order valence-corrected chi connectivity index (χ4v) is 2.16. The first-order chi connectivity index (χ1) is 6.27. The Morgan fingerprint density at radius 1 is 1.15 bits per heavy atom. The first-order valence-electron chi connectivity index (χ1n) is 5.96. The first kappa shape index (κ1) is 11.0. The van der Waals surface area contributed by atoms with Crippen molar-refractivity contribution in [2.75, 3.05) is 0 Å². The van der Waals surface area contributed by atoms with Crippen LogP contribution in [0.1, 0.15) is 58.8 Å². The van der Waals surface area contributed by atoms with E-state index in [9.17, 15) is 5.11 Å². The normalized spacial score (nSPS) is 19.4. The Bertz CT molecular complexity index is 123. The highest BCUT2D eigenvalue weighted by Crippen LogP contribution is 2.36. The van der Waals surface area contributed by atoms with Crippen molar-refractivity contribution in [1.82, 2.24) is 0 Å². The molecule has 1 fully saturated rings. The van der Waals surface area contributed by atoms with Crippen molar-refractivity contribution in [3.63, 3.8) is 0 Å². The topological polar surface area (TPSA) is 20.2 Å². The Labute approximate surface area is 82.5 Å². The van der Waals surface area contributed by atoms with E-state index in [1.54, 1.807) is 0 Å². The SMILES string of the molecule is CCCC(CCC)C(O)CC1CC1. The van der Waals surface area contributed by atoms with Crippen LogP contribution < -0.4 is 0 Å². The van der Waals surface area contributed by atoms with Crippen LogP contribution in [0.15, 0.2) is 0 Å². The van der Waals surface area contributed by atoms with Crippen LogP contribution in [0.4, 0.5) is 0 Å². The third kappa shape index (κ3) is 4.12. The van der Waals surface area contributed by atoms with E-state index in [4.69, 9.17) is 0 Å². The molecule has 0 aromatic carbocycles. The van der Waals surface area contributed by atoms with Gasteiger partial charge in [-0.2, -0.15) is 0 Å². The van der Waals surface area contributed by atoms with Gasteiger partial charge in [0.05, 0.1) is 6.10 Å². The van der Waals surface area contributed by atoms with Gasteiger partial charge in [0.1, 0.15) is 0 Å². The molecule has 1 N–H and O–H groups in total. The second kappa shape index (κ2) is 5.64. The quantitative estimate of drug-likeness (QED) is 0.643. The van der Waals surface area contributed by atoms with Crippen molar-refractivity contribution < 1.29 is 5.11 Å². The molecule has 0 radical (unpaired) electrons. The van der Waals surface area contributed by atoms with Crippen molar-refractivity contribution in [1.29, 1.82) is 0 Å². The summed E-state index contributed by atoms with van der Waals surface area (Å²) >= 11 is 0. The Morgan fingerprint density at radius 3 is 2.08 bits per heavy atom. The van der Waals surface area contributed by atoms with Crippen LogP contribution in [-0.4, -0.2) is 11.2 Å². The molecule has 13 heavy (non-hydrogen) atoms. The van der Waals surface area contributed by atoms with Crippen molar-refractivity contribution in [3.05, 3.63) is 0 Å². The van der Waals surface area contributed by atoms with E-state index >= 15 is 0 Å². The predicted octanol–water partition coefficient (Wildman–Crippen LogP) is 3.36. The Kier molecular flexibility index (Phi) is 4.79.